The average Bonchev–Trinajstić information content (AvgIpc) is 2.81. The van der Waals surface area contributed by atoms with Crippen LogP contribution in [0.2, 0.25) is 5.02 Å². The van der Waals surface area contributed by atoms with Gasteiger partial charge in [0.2, 0.25) is 0 Å². The second-order valence-electron chi connectivity index (χ2n) is 5.13. The molecule has 2 fully saturated rings. The first kappa shape index (κ1) is 11.9. The molecule has 0 aliphatic heterocycles. The summed E-state index contributed by atoms with van der Waals surface area (Å²) in [5, 5.41) is 0.816. The molecule has 2 saturated carbocycles. The van der Waals surface area contributed by atoms with Crippen LogP contribution >= 0.6 is 27.5 Å². The number of methoxy groups -OCH3 is 1. The summed E-state index contributed by atoms with van der Waals surface area (Å²) in [6.07, 6.45) is 4.23. The van der Waals surface area contributed by atoms with Gasteiger partial charge in [0.05, 0.1) is 7.11 Å². The predicted molar refractivity (Wildman–Crippen MR) is 74.0 cm³/mol. The van der Waals surface area contributed by atoms with Gasteiger partial charge in [0.1, 0.15) is 5.75 Å². The van der Waals surface area contributed by atoms with Crippen molar-refractivity contribution >= 4 is 27.5 Å². The van der Waals surface area contributed by atoms with Crippen LogP contribution in [0.5, 0.6) is 5.75 Å². The number of fused-ring (bicyclic) bond motifs is 1. The van der Waals surface area contributed by atoms with Crippen molar-refractivity contribution in [2.75, 3.05) is 7.11 Å². The summed E-state index contributed by atoms with van der Waals surface area (Å²) in [6.45, 7) is 0. The van der Waals surface area contributed by atoms with Crippen molar-refractivity contribution in [1.82, 2.24) is 0 Å². The maximum Gasteiger partial charge on any atom is 0.120 e. The number of ether oxygens (including phenoxy) is 1. The highest BCUT2D eigenvalue weighted by atomic mass is 79.9. The van der Waals surface area contributed by atoms with Crippen molar-refractivity contribution < 1.29 is 4.74 Å². The second kappa shape index (κ2) is 4.47. The lowest BCUT2D eigenvalue weighted by Crippen LogP contribution is -1.99. The average molecular weight is 316 g/mol. The molecule has 92 valence electrons. The molecule has 0 saturated heterocycles. The first-order valence-corrected chi connectivity index (χ1v) is 7.49. The van der Waals surface area contributed by atoms with Crippen LogP contribution < -0.4 is 4.74 Å². The van der Waals surface area contributed by atoms with E-state index in [1.165, 1.54) is 24.8 Å². The van der Waals surface area contributed by atoms with Gasteiger partial charge >= 0.3 is 0 Å². The first-order valence-electron chi connectivity index (χ1n) is 6.20. The first-order chi connectivity index (χ1) is 8.22. The lowest BCUT2D eigenvalue weighted by molar-refractivity contribution is 0.414. The van der Waals surface area contributed by atoms with Crippen LogP contribution in [0.15, 0.2) is 18.2 Å². The van der Waals surface area contributed by atoms with Gasteiger partial charge in [0.15, 0.2) is 0 Å². The van der Waals surface area contributed by atoms with Crippen LogP contribution in [-0.4, -0.2) is 7.11 Å². The summed E-state index contributed by atoms with van der Waals surface area (Å²) in [5.41, 5.74) is 1.21. The Labute approximate surface area is 116 Å². The number of alkyl halides is 1. The molecule has 2 aliphatic carbocycles. The third-order valence-corrected chi connectivity index (χ3v) is 5.75. The van der Waals surface area contributed by atoms with Crippen LogP contribution in [0.25, 0.3) is 0 Å². The number of benzene rings is 1. The molecule has 0 spiro atoms. The van der Waals surface area contributed by atoms with E-state index in [0.717, 1.165) is 28.5 Å². The van der Waals surface area contributed by atoms with Crippen LogP contribution in [0.3, 0.4) is 0 Å². The molecule has 0 amide bonds. The minimum Gasteiger partial charge on any atom is -0.497 e. The maximum atomic E-state index is 6.32. The highest BCUT2D eigenvalue weighted by molar-refractivity contribution is 9.09. The Morgan fingerprint density at radius 3 is 2.65 bits per heavy atom. The number of halogens is 2. The molecule has 0 aromatic heterocycles. The smallest absolute Gasteiger partial charge is 0.120 e. The Bertz CT molecular complexity index is 424. The lowest BCUT2D eigenvalue weighted by Gasteiger charge is -2.14. The zero-order valence-corrected chi connectivity index (χ0v) is 12.2. The van der Waals surface area contributed by atoms with Crippen molar-refractivity contribution in [2.24, 2.45) is 17.8 Å². The molecular formula is C14H16BrClO. The molecular weight excluding hydrogens is 300 g/mol. The highest BCUT2D eigenvalue weighted by Gasteiger charge is 2.55. The van der Waals surface area contributed by atoms with Crippen molar-refractivity contribution in [3.8, 4) is 5.75 Å². The fourth-order valence-corrected chi connectivity index (χ4v) is 4.98. The predicted octanol–water partition coefficient (Wildman–Crippen LogP) is 4.83. The molecule has 3 atom stereocenters. The highest BCUT2D eigenvalue weighted by Crippen LogP contribution is 2.64. The molecule has 3 heteroatoms. The molecule has 0 N–H and O–H groups in total. The zero-order valence-electron chi connectivity index (χ0n) is 9.83. The van der Waals surface area contributed by atoms with Gasteiger partial charge in [-0.3, -0.25) is 0 Å². The van der Waals surface area contributed by atoms with E-state index in [4.69, 9.17) is 16.3 Å². The van der Waals surface area contributed by atoms with Crippen LogP contribution in [0.4, 0.5) is 0 Å². The Balaban J connectivity index is 1.80. The Morgan fingerprint density at radius 2 is 2.06 bits per heavy atom. The van der Waals surface area contributed by atoms with E-state index in [1.807, 2.05) is 12.1 Å². The molecule has 1 aromatic rings. The van der Waals surface area contributed by atoms with Gasteiger partial charge in [-0.1, -0.05) is 40.0 Å². The summed E-state index contributed by atoms with van der Waals surface area (Å²) in [5.74, 6) is 3.51. The summed E-state index contributed by atoms with van der Waals surface area (Å²) in [7, 11) is 1.67. The van der Waals surface area contributed by atoms with E-state index < -0.39 is 0 Å². The number of rotatable bonds is 3. The van der Waals surface area contributed by atoms with Gasteiger partial charge < -0.3 is 4.74 Å². The molecule has 0 bridgehead atoms. The molecule has 1 nitrogen and oxygen atoms in total. The zero-order chi connectivity index (χ0) is 12.0. The molecule has 1 aromatic carbocycles. The lowest BCUT2D eigenvalue weighted by atomic mass is 10.0. The molecule has 3 rings (SSSR count). The van der Waals surface area contributed by atoms with Crippen molar-refractivity contribution in [3.63, 3.8) is 0 Å². The largest absolute Gasteiger partial charge is 0.497 e. The van der Waals surface area contributed by atoms with E-state index >= 15 is 0 Å². The molecule has 0 radical (unpaired) electrons. The molecule has 3 unspecified atom stereocenters. The van der Waals surface area contributed by atoms with Gasteiger partial charge in [-0.05, 0) is 48.3 Å². The molecule has 17 heavy (non-hydrogen) atoms. The number of hydrogen-bond acceptors (Lipinski definition) is 1. The summed E-state index contributed by atoms with van der Waals surface area (Å²) >= 11 is 10.2. The standard InChI is InChI=1S/C14H16BrClO/c1-17-8-5-6-11(12(16)7-8)14(15)13-9-3-2-4-10(9)13/h5-7,9-10,13-14H,2-4H2,1H3. The number of hydrogen-bond donors (Lipinski definition) is 0. The van der Waals surface area contributed by atoms with Crippen molar-refractivity contribution in [2.45, 2.75) is 24.1 Å². The van der Waals surface area contributed by atoms with E-state index in [9.17, 15) is 0 Å². The van der Waals surface area contributed by atoms with Crippen molar-refractivity contribution in [1.29, 1.82) is 0 Å². The Hall–Kier alpha value is -0.210. The minimum absolute atomic E-state index is 0.413. The van der Waals surface area contributed by atoms with E-state index in [2.05, 4.69) is 22.0 Å². The van der Waals surface area contributed by atoms with E-state index in [0.29, 0.717) is 4.83 Å². The third-order valence-electron chi connectivity index (χ3n) is 4.32. The second-order valence-corrected chi connectivity index (χ2v) is 6.52. The Kier molecular flexibility index (Phi) is 3.12. The Morgan fingerprint density at radius 1 is 1.35 bits per heavy atom. The van der Waals surface area contributed by atoms with Gasteiger partial charge in [0.25, 0.3) is 0 Å². The summed E-state index contributed by atoms with van der Waals surface area (Å²) in [4.78, 5) is 0.413. The topological polar surface area (TPSA) is 9.23 Å². The monoisotopic (exact) mass is 314 g/mol. The van der Waals surface area contributed by atoms with Gasteiger partial charge in [-0.15, -0.1) is 0 Å². The fraction of sp³-hybridized carbons (Fsp3) is 0.571. The molecule has 0 heterocycles. The maximum absolute atomic E-state index is 6.32. The normalized spacial score (nSPS) is 32.1. The van der Waals surface area contributed by atoms with Crippen LogP contribution in [0.1, 0.15) is 29.7 Å². The van der Waals surface area contributed by atoms with Crippen LogP contribution in [0, 0.1) is 17.8 Å². The molecule has 2 aliphatic rings. The minimum atomic E-state index is 0.413. The van der Waals surface area contributed by atoms with E-state index in [1.54, 1.807) is 7.11 Å². The summed E-state index contributed by atoms with van der Waals surface area (Å²) < 4.78 is 5.18. The van der Waals surface area contributed by atoms with E-state index in [-0.39, 0.29) is 0 Å². The summed E-state index contributed by atoms with van der Waals surface area (Å²) in [6, 6.07) is 5.99. The van der Waals surface area contributed by atoms with Gasteiger partial charge in [-0.2, -0.15) is 0 Å². The quantitative estimate of drug-likeness (QED) is 0.726. The van der Waals surface area contributed by atoms with Crippen molar-refractivity contribution in [3.05, 3.63) is 28.8 Å². The van der Waals surface area contributed by atoms with Crippen LogP contribution in [-0.2, 0) is 0 Å². The fourth-order valence-electron chi connectivity index (χ4n) is 3.38. The van der Waals surface area contributed by atoms with Gasteiger partial charge in [-0.25, -0.2) is 0 Å². The third kappa shape index (κ3) is 2.00. The SMILES string of the molecule is COc1ccc(C(Br)C2C3CCCC32)c(Cl)c1. The van der Waals surface area contributed by atoms with Gasteiger partial charge in [0, 0.05) is 9.85 Å².